The molecule has 0 unspecified atom stereocenters. The van der Waals surface area contributed by atoms with Crippen molar-refractivity contribution in [1.29, 1.82) is 0 Å². The average molecular weight is 259 g/mol. The van der Waals surface area contributed by atoms with Crippen molar-refractivity contribution in [3.8, 4) is 5.75 Å². The molecule has 1 heterocycles. The molecule has 0 aromatic heterocycles. The predicted octanol–water partition coefficient (Wildman–Crippen LogP) is 2.46. The lowest BCUT2D eigenvalue weighted by molar-refractivity contribution is -0.384. The third-order valence-corrected chi connectivity index (χ3v) is 2.20. The van der Waals surface area contributed by atoms with Crippen LogP contribution in [0.5, 0.6) is 5.75 Å². The number of benzene rings is 1. The van der Waals surface area contributed by atoms with Gasteiger partial charge in [0.05, 0.1) is 4.92 Å². The van der Waals surface area contributed by atoms with Gasteiger partial charge in [0.2, 0.25) is 0 Å². The maximum Gasteiger partial charge on any atom is 0.423 e. The number of hydrogen-bond donors (Lipinski definition) is 0. The molecule has 1 aromatic rings. The van der Waals surface area contributed by atoms with Gasteiger partial charge in [-0.3, -0.25) is 20.0 Å². The molecule has 1 aliphatic rings. The van der Waals surface area contributed by atoms with Crippen molar-refractivity contribution in [2.75, 3.05) is 0 Å². The number of non-ortho nitro benzene ring substituents is 1. The fraction of sp³-hybridized carbons (Fsp3) is 0. The van der Waals surface area contributed by atoms with Gasteiger partial charge < -0.3 is 4.74 Å². The highest BCUT2D eigenvalue weighted by Gasteiger charge is 2.12. The monoisotopic (exact) mass is 259 g/mol. The summed E-state index contributed by atoms with van der Waals surface area (Å²) in [5, 5.41) is 10.5. The fourth-order valence-corrected chi connectivity index (χ4v) is 1.30. The quantitative estimate of drug-likeness (QED) is 0.603. The van der Waals surface area contributed by atoms with Gasteiger partial charge in [-0.1, -0.05) is 0 Å². The van der Waals surface area contributed by atoms with Crippen molar-refractivity contribution in [3.05, 3.63) is 59.1 Å². The zero-order valence-corrected chi connectivity index (χ0v) is 9.67. The first-order valence-corrected chi connectivity index (χ1v) is 5.28. The highest BCUT2D eigenvalue weighted by molar-refractivity contribution is 5.77. The SMILES string of the molecule is O=C(Oc1ccc([N+](=O)[O-])cc1)N1C=CC=NC=C1. The van der Waals surface area contributed by atoms with Crippen molar-refractivity contribution in [3.63, 3.8) is 0 Å². The molecule has 0 fully saturated rings. The molecule has 0 saturated heterocycles. The summed E-state index contributed by atoms with van der Waals surface area (Å²) in [6.45, 7) is 0. The number of rotatable bonds is 2. The Balaban J connectivity index is 2.04. The summed E-state index contributed by atoms with van der Waals surface area (Å²) in [5.41, 5.74) is -0.0669. The molecule has 0 saturated carbocycles. The molecule has 1 aromatic carbocycles. The van der Waals surface area contributed by atoms with Gasteiger partial charge in [0.1, 0.15) is 5.75 Å². The van der Waals surface area contributed by atoms with Crippen molar-refractivity contribution in [2.24, 2.45) is 4.99 Å². The van der Waals surface area contributed by atoms with E-state index in [2.05, 4.69) is 4.99 Å². The molecule has 0 bridgehead atoms. The van der Waals surface area contributed by atoms with Gasteiger partial charge in [0.15, 0.2) is 0 Å². The number of allylic oxidation sites excluding steroid dienone is 1. The van der Waals surface area contributed by atoms with E-state index >= 15 is 0 Å². The number of nitrogens with zero attached hydrogens (tertiary/aromatic N) is 3. The Morgan fingerprint density at radius 1 is 1.26 bits per heavy atom. The lowest BCUT2D eigenvalue weighted by Crippen LogP contribution is -2.23. The average Bonchev–Trinajstić information content (AvgIpc) is 2.68. The summed E-state index contributed by atoms with van der Waals surface area (Å²) < 4.78 is 5.05. The first-order chi connectivity index (χ1) is 9.16. The van der Waals surface area contributed by atoms with Crippen LogP contribution in [0.4, 0.5) is 10.5 Å². The van der Waals surface area contributed by atoms with Crippen LogP contribution in [0.1, 0.15) is 0 Å². The van der Waals surface area contributed by atoms with Crippen molar-refractivity contribution < 1.29 is 14.5 Å². The van der Waals surface area contributed by atoms with E-state index in [1.54, 1.807) is 6.08 Å². The van der Waals surface area contributed by atoms with Crippen LogP contribution < -0.4 is 4.74 Å². The number of aliphatic imine (C=N–C) groups is 1. The molecule has 7 heteroatoms. The van der Waals surface area contributed by atoms with Crippen LogP contribution in [0.3, 0.4) is 0 Å². The third-order valence-electron chi connectivity index (χ3n) is 2.20. The third kappa shape index (κ3) is 3.25. The number of hydrogen-bond acceptors (Lipinski definition) is 5. The minimum Gasteiger partial charge on any atom is -0.410 e. The first-order valence-electron chi connectivity index (χ1n) is 5.28. The van der Waals surface area contributed by atoms with Crippen LogP contribution in [0.15, 0.2) is 53.9 Å². The molecule has 0 N–H and O–H groups in total. The van der Waals surface area contributed by atoms with Crippen LogP contribution in [0, 0.1) is 10.1 Å². The number of carbonyl (C=O) groups excluding carboxylic acids is 1. The Bertz CT molecular complexity index is 559. The van der Waals surface area contributed by atoms with E-state index in [4.69, 9.17) is 4.74 Å². The molecule has 0 spiro atoms. The summed E-state index contributed by atoms with van der Waals surface area (Å²) in [7, 11) is 0. The number of amides is 1. The van der Waals surface area contributed by atoms with Crippen LogP contribution in [-0.2, 0) is 0 Å². The molecule has 1 aliphatic heterocycles. The van der Waals surface area contributed by atoms with E-state index in [-0.39, 0.29) is 11.4 Å². The van der Waals surface area contributed by atoms with Crippen LogP contribution in [0.2, 0.25) is 0 Å². The fourth-order valence-electron chi connectivity index (χ4n) is 1.30. The Labute approximate surface area is 108 Å². The molecule has 0 radical (unpaired) electrons. The van der Waals surface area contributed by atoms with E-state index in [1.807, 2.05) is 0 Å². The summed E-state index contributed by atoms with van der Waals surface area (Å²) >= 11 is 0. The van der Waals surface area contributed by atoms with Gasteiger partial charge in [-0.15, -0.1) is 0 Å². The van der Waals surface area contributed by atoms with Crippen LogP contribution in [-0.4, -0.2) is 22.1 Å². The van der Waals surface area contributed by atoms with Gasteiger partial charge in [-0.05, 0) is 18.2 Å². The zero-order valence-electron chi connectivity index (χ0n) is 9.67. The normalized spacial score (nSPS) is 13.2. The molecule has 96 valence electrons. The molecule has 2 rings (SSSR count). The molecule has 0 aliphatic carbocycles. The smallest absolute Gasteiger partial charge is 0.410 e. The van der Waals surface area contributed by atoms with Crippen molar-refractivity contribution >= 4 is 18.0 Å². The van der Waals surface area contributed by atoms with E-state index in [0.29, 0.717) is 0 Å². The largest absolute Gasteiger partial charge is 0.423 e. The number of nitro benzene ring substituents is 1. The van der Waals surface area contributed by atoms with E-state index < -0.39 is 11.0 Å². The standard InChI is InChI=1S/C12H9N3O4/c16-12(14-8-1-6-13-7-9-14)19-11-4-2-10(3-5-11)15(17)18/h1-9H. The Hall–Kier alpha value is -2.96. The lowest BCUT2D eigenvalue weighted by atomic mass is 10.3. The van der Waals surface area contributed by atoms with E-state index in [1.165, 1.54) is 54.0 Å². The number of carbonyl (C=O) groups is 1. The Morgan fingerprint density at radius 3 is 2.68 bits per heavy atom. The number of nitro groups is 1. The minimum absolute atomic E-state index is 0.0669. The summed E-state index contributed by atoms with van der Waals surface area (Å²) in [6, 6.07) is 5.25. The molecule has 19 heavy (non-hydrogen) atoms. The van der Waals surface area contributed by atoms with Crippen molar-refractivity contribution in [1.82, 2.24) is 4.90 Å². The van der Waals surface area contributed by atoms with E-state index in [9.17, 15) is 14.9 Å². The molecule has 7 nitrogen and oxygen atoms in total. The van der Waals surface area contributed by atoms with Crippen LogP contribution in [0.25, 0.3) is 0 Å². The Kier molecular flexibility index (Phi) is 3.67. The number of ether oxygens (including phenoxy) is 1. The van der Waals surface area contributed by atoms with Crippen LogP contribution >= 0.6 is 0 Å². The van der Waals surface area contributed by atoms with Gasteiger partial charge in [-0.25, -0.2) is 4.79 Å². The van der Waals surface area contributed by atoms with Gasteiger partial charge in [0.25, 0.3) is 5.69 Å². The molecule has 1 amide bonds. The second kappa shape index (κ2) is 5.58. The summed E-state index contributed by atoms with van der Waals surface area (Å²) in [5.74, 6) is 0.225. The van der Waals surface area contributed by atoms with Gasteiger partial charge in [0, 0.05) is 36.9 Å². The highest BCUT2D eigenvalue weighted by Crippen LogP contribution is 2.18. The lowest BCUT2D eigenvalue weighted by Gasteiger charge is -2.12. The molecule has 0 atom stereocenters. The molecular formula is C12H9N3O4. The highest BCUT2D eigenvalue weighted by atomic mass is 16.6. The van der Waals surface area contributed by atoms with Gasteiger partial charge in [-0.2, -0.15) is 0 Å². The summed E-state index contributed by atoms with van der Waals surface area (Å²) in [4.78, 5) is 26.7. The minimum atomic E-state index is -0.633. The first kappa shape index (κ1) is 12.5. The Morgan fingerprint density at radius 2 is 2.00 bits per heavy atom. The zero-order chi connectivity index (χ0) is 13.7. The summed E-state index contributed by atoms with van der Waals surface area (Å²) in [6.07, 6.45) is 6.84. The second-order valence-electron chi connectivity index (χ2n) is 3.46. The maximum atomic E-state index is 11.8. The van der Waals surface area contributed by atoms with E-state index in [0.717, 1.165) is 0 Å². The second-order valence-corrected chi connectivity index (χ2v) is 3.46. The van der Waals surface area contributed by atoms with Gasteiger partial charge >= 0.3 is 6.09 Å². The van der Waals surface area contributed by atoms with Crippen molar-refractivity contribution in [2.45, 2.75) is 0 Å². The molecular weight excluding hydrogens is 250 g/mol. The predicted molar refractivity (Wildman–Crippen MR) is 67.7 cm³/mol. The maximum absolute atomic E-state index is 11.8. The topological polar surface area (TPSA) is 85.0 Å².